The molecule has 8 heteroatoms. The van der Waals surface area contributed by atoms with Gasteiger partial charge < -0.3 is 0 Å². The Labute approximate surface area is 148 Å². The summed E-state index contributed by atoms with van der Waals surface area (Å²) in [4.78, 5) is 33.2. The highest BCUT2D eigenvalue weighted by Crippen LogP contribution is 2.24. The van der Waals surface area contributed by atoms with Gasteiger partial charge in [-0.15, -0.1) is 10.1 Å². The lowest BCUT2D eigenvalue weighted by molar-refractivity contribution is -0.528. The smallest absolute Gasteiger partial charge is 0.270 e. The number of imide groups is 1. The van der Waals surface area contributed by atoms with E-state index in [4.69, 9.17) is 0 Å². The fourth-order valence-corrected chi connectivity index (χ4v) is 3.40. The Balaban J connectivity index is 1.99. The third kappa shape index (κ3) is 2.94. The largest absolute Gasteiger partial charge is 0.416 e. The molecule has 1 unspecified atom stereocenters. The lowest BCUT2D eigenvalue weighted by atomic mass is 10.1. The molecule has 0 N–H and O–H groups in total. The van der Waals surface area contributed by atoms with Crippen LogP contribution in [0.25, 0.3) is 0 Å². The molecule has 0 aromatic carbocycles. The Morgan fingerprint density at radius 3 is 2.40 bits per heavy atom. The van der Waals surface area contributed by atoms with Gasteiger partial charge in [0.15, 0.2) is 0 Å². The first-order valence-corrected chi connectivity index (χ1v) is 8.83. The van der Waals surface area contributed by atoms with Gasteiger partial charge >= 0.3 is 12.0 Å². The van der Waals surface area contributed by atoms with Gasteiger partial charge in [-0.2, -0.15) is 0 Å². The molecule has 8 nitrogen and oxygen atoms in total. The molecule has 0 spiro atoms. The number of hydrazone groups is 1. The average Bonchev–Trinajstić information content (AvgIpc) is 2.88. The van der Waals surface area contributed by atoms with Crippen molar-refractivity contribution in [2.45, 2.75) is 40.7 Å². The number of likely N-dealkylation sites (N-methyl/N-ethyl adjacent to an activating group) is 1. The first-order chi connectivity index (χ1) is 11.7. The number of nitrogens with zero attached hydrogens (tertiary/aromatic N) is 6. The molecule has 0 bridgehead atoms. The molecule has 0 aliphatic carbocycles. The number of guanidine groups is 1. The predicted octanol–water partition coefficient (Wildman–Crippen LogP) is 1.03. The first kappa shape index (κ1) is 17.6. The van der Waals surface area contributed by atoms with Crippen LogP contribution in [-0.4, -0.2) is 81.6 Å². The number of rotatable bonds is 4. The molecular weight excluding hydrogens is 320 g/mol. The number of hydrogen-bond acceptors (Lipinski definition) is 5. The maximum Gasteiger partial charge on any atom is 0.416 e. The maximum absolute atomic E-state index is 13.1. The van der Waals surface area contributed by atoms with Crippen LogP contribution < -0.4 is 0 Å². The van der Waals surface area contributed by atoms with Crippen molar-refractivity contribution >= 4 is 29.4 Å². The van der Waals surface area contributed by atoms with Crippen LogP contribution in [0.4, 0.5) is 4.79 Å². The van der Waals surface area contributed by atoms with Gasteiger partial charge in [0.05, 0.1) is 12.3 Å². The second-order valence-electron chi connectivity index (χ2n) is 7.80. The van der Waals surface area contributed by atoms with Crippen LogP contribution in [0.15, 0.2) is 10.1 Å². The van der Waals surface area contributed by atoms with Crippen LogP contribution in [0, 0.1) is 11.8 Å². The molecule has 3 aliphatic heterocycles. The Kier molecular flexibility index (Phi) is 4.38. The maximum atomic E-state index is 13.1. The summed E-state index contributed by atoms with van der Waals surface area (Å²) >= 11 is 0. The lowest BCUT2D eigenvalue weighted by Crippen LogP contribution is -2.63. The molecule has 1 atom stereocenters. The van der Waals surface area contributed by atoms with E-state index in [-0.39, 0.29) is 17.9 Å². The van der Waals surface area contributed by atoms with Crippen LogP contribution in [0.2, 0.25) is 0 Å². The van der Waals surface area contributed by atoms with E-state index in [0.717, 1.165) is 5.71 Å². The minimum Gasteiger partial charge on any atom is -0.270 e. The SMILES string of the molecule is CC1=NN(CC(C)C)C2=[N+](C1)C1C(=O)N(CC(C)C)C(=O)N(C)C1=N2. The normalized spacial score (nSPS) is 23.5. The molecule has 3 aliphatic rings. The fourth-order valence-electron chi connectivity index (χ4n) is 3.40. The molecule has 0 aromatic heterocycles. The van der Waals surface area contributed by atoms with Crippen LogP contribution in [-0.2, 0) is 4.79 Å². The molecule has 1 saturated heterocycles. The monoisotopic (exact) mass is 347 g/mol. The zero-order valence-corrected chi connectivity index (χ0v) is 15.9. The Morgan fingerprint density at radius 1 is 1.16 bits per heavy atom. The van der Waals surface area contributed by atoms with Crippen molar-refractivity contribution < 1.29 is 14.2 Å². The number of carbonyl (C=O) groups is 2. The molecule has 1 fully saturated rings. The van der Waals surface area contributed by atoms with Gasteiger partial charge in [0.1, 0.15) is 6.54 Å². The Hall–Kier alpha value is -2.25. The number of hydrogen-bond donors (Lipinski definition) is 0. The van der Waals surface area contributed by atoms with E-state index in [2.05, 4.69) is 23.9 Å². The van der Waals surface area contributed by atoms with Gasteiger partial charge in [0, 0.05) is 13.6 Å². The van der Waals surface area contributed by atoms with Crippen molar-refractivity contribution in [1.82, 2.24) is 14.8 Å². The third-order valence-corrected chi connectivity index (χ3v) is 4.40. The van der Waals surface area contributed by atoms with Crippen molar-refractivity contribution in [3.05, 3.63) is 0 Å². The minimum absolute atomic E-state index is 0.190. The number of amides is 3. The molecular formula is C17H27N6O2+. The van der Waals surface area contributed by atoms with Gasteiger partial charge in [0.25, 0.3) is 5.91 Å². The van der Waals surface area contributed by atoms with Crippen molar-refractivity contribution in [1.29, 1.82) is 0 Å². The van der Waals surface area contributed by atoms with Crippen LogP contribution in [0.5, 0.6) is 0 Å². The highest BCUT2D eigenvalue weighted by Gasteiger charge is 2.54. The van der Waals surface area contributed by atoms with E-state index in [1.165, 1.54) is 9.80 Å². The van der Waals surface area contributed by atoms with E-state index in [9.17, 15) is 9.59 Å². The lowest BCUT2D eigenvalue weighted by Gasteiger charge is -2.35. The van der Waals surface area contributed by atoms with Gasteiger partial charge in [-0.3, -0.25) is 14.6 Å². The molecule has 3 rings (SSSR count). The van der Waals surface area contributed by atoms with E-state index >= 15 is 0 Å². The summed E-state index contributed by atoms with van der Waals surface area (Å²) in [5.74, 6) is 1.60. The zero-order valence-electron chi connectivity index (χ0n) is 15.9. The number of amidine groups is 1. The highest BCUT2D eigenvalue weighted by molar-refractivity contribution is 6.23. The first-order valence-electron chi connectivity index (χ1n) is 8.83. The topological polar surface area (TPSA) is 71.6 Å². The van der Waals surface area contributed by atoms with Gasteiger partial charge in [-0.25, -0.2) is 9.37 Å². The summed E-state index contributed by atoms with van der Waals surface area (Å²) < 4.78 is 1.97. The molecule has 0 aromatic rings. The molecule has 25 heavy (non-hydrogen) atoms. The van der Waals surface area contributed by atoms with Crippen molar-refractivity contribution in [3.63, 3.8) is 0 Å². The summed E-state index contributed by atoms with van der Waals surface area (Å²) in [5, 5.41) is 6.45. The Morgan fingerprint density at radius 2 is 1.80 bits per heavy atom. The summed E-state index contributed by atoms with van der Waals surface area (Å²) in [7, 11) is 1.69. The van der Waals surface area contributed by atoms with Crippen LogP contribution in [0.1, 0.15) is 34.6 Å². The number of fused-ring (bicyclic) bond motifs is 2. The van der Waals surface area contributed by atoms with Crippen molar-refractivity contribution in [2.24, 2.45) is 21.9 Å². The van der Waals surface area contributed by atoms with E-state index < -0.39 is 6.04 Å². The number of aliphatic imine (C=N–C) groups is 1. The highest BCUT2D eigenvalue weighted by atomic mass is 16.2. The average molecular weight is 347 g/mol. The second-order valence-corrected chi connectivity index (χ2v) is 7.80. The Bertz CT molecular complexity index is 706. The zero-order chi connectivity index (χ0) is 18.5. The van der Waals surface area contributed by atoms with Crippen LogP contribution in [0.3, 0.4) is 0 Å². The second kappa shape index (κ2) is 6.24. The molecule has 3 heterocycles. The van der Waals surface area contributed by atoms with Crippen molar-refractivity contribution in [3.8, 4) is 0 Å². The molecule has 3 amide bonds. The van der Waals surface area contributed by atoms with Gasteiger partial charge in [0.2, 0.25) is 11.9 Å². The number of urea groups is 1. The fraction of sp³-hybridized carbons (Fsp3) is 0.706. The van der Waals surface area contributed by atoms with Crippen LogP contribution >= 0.6 is 0 Å². The van der Waals surface area contributed by atoms with E-state index in [1.54, 1.807) is 7.05 Å². The van der Waals surface area contributed by atoms with E-state index in [0.29, 0.717) is 37.3 Å². The molecule has 136 valence electrons. The summed E-state index contributed by atoms with van der Waals surface area (Å²) in [6.07, 6.45) is 0. The molecule has 0 radical (unpaired) electrons. The summed E-state index contributed by atoms with van der Waals surface area (Å²) in [6.45, 7) is 11.9. The summed E-state index contributed by atoms with van der Waals surface area (Å²) in [6, 6.07) is -0.848. The van der Waals surface area contributed by atoms with Gasteiger partial charge in [-0.1, -0.05) is 32.7 Å². The van der Waals surface area contributed by atoms with Crippen molar-refractivity contribution in [2.75, 3.05) is 26.7 Å². The van der Waals surface area contributed by atoms with Gasteiger partial charge in [-0.05, 0) is 18.8 Å². The standard InChI is InChI=1S/C17H27N6O2/c1-10(2)7-22-15(24)13-14(20(6)17(22)25)18-16-21(13)9-12(5)19-23(16)8-11(3)4/h10-11,13H,7-9H2,1-6H3/q+1. The third-order valence-electron chi connectivity index (χ3n) is 4.40. The number of carbonyl (C=O) groups excluding carboxylic acids is 2. The molecule has 0 saturated carbocycles. The van der Waals surface area contributed by atoms with E-state index in [1.807, 2.05) is 30.4 Å². The minimum atomic E-state index is -0.545. The quantitative estimate of drug-likeness (QED) is 0.713. The predicted molar refractivity (Wildman–Crippen MR) is 95.7 cm³/mol. The summed E-state index contributed by atoms with van der Waals surface area (Å²) in [5.41, 5.74) is 0.934.